The van der Waals surface area contributed by atoms with Crippen LogP contribution >= 0.6 is 0 Å². The van der Waals surface area contributed by atoms with Gasteiger partial charge in [0.1, 0.15) is 0 Å². The van der Waals surface area contributed by atoms with Gasteiger partial charge in [-0.05, 0) is 51.9 Å². The Hall–Kier alpha value is -2.59. The minimum absolute atomic E-state index is 0.392. The Kier molecular flexibility index (Phi) is 5.46. The molecule has 0 aromatic heterocycles. The van der Waals surface area contributed by atoms with Crippen molar-refractivity contribution >= 4 is 16.3 Å². The lowest BCUT2D eigenvalue weighted by atomic mass is 9.95. The van der Waals surface area contributed by atoms with E-state index in [0.29, 0.717) is 11.5 Å². The number of nitrogens with zero attached hydrogens (tertiary/aromatic N) is 1. The van der Waals surface area contributed by atoms with Crippen molar-refractivity contribution < 1.29 is 13.2 Å². The summed E-state index contributed by atoms with van der Waals surface area (Å²) in [5, 5.41) is 2.50. The summed E-state index contributed by atoms with van der Waals surface area (Å²) in [6, 6.07) is 20.6. The molecule has 0 fully saturated rings. The summed E-state index contributed by atoms with van der Waals surface area (Å²) in [4.78, 5) is 2.37. The van der Waals surface area contributed by atoms with Crippen LogP contribution in [0.25, 0.3) is 16.3 Å². The highest BCUT2D eigenvalue weighted by atomic mass is 19.4. The molecule has 3 aromatic rings. The number of hydrogen-bond acceptors (Lipinski definition) is 1. The van der Waals surface area contributed by atoms with E-state index in [1.54, 1.807) is 6.07 Å². The van der Waals surface area contributed by atoms with Crippen molar-refractivity contribution in [2.45, 2.75) is 25.4 Å². The van der Waals surface area contributed by atoms with Gasteiger partial charge in [0.2, 0.25) is 0 Å². The summed E-state index contributed by atoms with van der Waals surface area (Å²) >= 11 is 0. The molecular weight excluding hydrogens is 371 g/mol. The number of fused-ring (bicyclic) bond motifs is 1. The van der Waals surface area contributed by atoms with Crippen molar-refractivity contribution in [1.29, 1.82) is 0 Å². The van der Waals surface area contributed by atoms with Crippen LogP contribution in [0.5, 0.6) is 0 Å². The molecule has 0 bridgehead atoms. The van der Waals surface area contributed by atoms with Gasteiger partial charge in [0.05, 0.1) is 5.56 Å². The monoisotopic (exact) mass is 395 g/mol. The highest BCUT2D eigenvalue weighted by molar-refractivity contribution is 5.83. The van der Waals surface area contributed by atoms with E-state index < -0.39 is 11.7 Å². The van der Waals surface area contributed by atoms with Gasteiger partial charge in [0, 0.05) is 19.6 Å². The molecule has 3 aromatic carbocycles. The quantitative estimate of drug-likeness (QED) is 0.472. The molecule has 4 rings (SSSR count). The predicted molar refractivity (Wildman–Crippen MR) is 113 cm³/mol. The Balaban J connectivity index is 1.43. The zero-order chi connectivity index (χ0) is 20.4. The van der Waals surface area contributed by atoms with Crippen LogP contribution in [0.15, 0.2) is 72.8 Å². The largest absolute Gasteiger partial charge is 0.416 e. The van der Waals surface area contributed by atoms with Gasteiger partial charge < -0.3 is 0 Å². The molecule has 29 heavy (non-hydrogen) atoms. The van der Waals surface area contributed by atoms with Crippen LogP contribution in [0.4, 0.5) is 13.2 Å². The highest BCUT2D eigenvalue weighted by Gasteiger charge is 2.30. The minimum Gasteiger partial charge on any atom is -0.299 e. The second-order valence-corrected chi connectivity index (χ2v) is 7.83. The Bertz CT molecular complexity index is 1040. The number of rotatable bonds is 4. The maximum absolute atomic E-state index is 13.0. The predicted octanol–water partition coefficient (Wildman–Crippen LogP) is 6.75. The molecule has 0 saturated carbocycles. The molecule has 150 valence electrons. The van der Waals surface area contributed by atoms with Gasteiger partial charge in [-0.1, -0.05) is 67.6 Å². The Morgan fingerprint density at radius 2 is 1.72 bits per heavy atom. The maximum Gasteiger partial charge on any atom is 0.416 e. The number of benzene rings is 3. The van der Waals surface area contributed by atoms with Crippen LogP contribution in [-0.2, 0) is 6.18 Å². The molecular formula is C25H24F3N. The molecule has 1 heterocycles. The third-order valence-corrected chi connectivity index (χ3v) is 5.73. The topological polar surface area (TPSA) is 3.24 Å². The van der Waals surface area contributed by atoms with Crippen LogP contribution in [0, 0.1) is 0 Å². The summed E-state index contributed by atoms with van der Waals surface area (Å²) in [5.74, 6) is 0.392. The zero-order valence-electron chi connectivity index (χ0n) is 16.4. The van der Waals surface area contributed by atoms with Crippen molar-refractivity contribution in [3.63, 3.8) is 0 Å². The molecule has 0 spiro atoms. The van der Waals surface area contributed by atoms with Crippen LogP contribution in [0.2, 0.25) is 0 Å². The standard InChI is InChI=1S/C25H24F3N/c1-18(21-10-9-19-5-2-3-6-22(19)15-21)17-29-13-11-20(12-14-29)23-7-4-8-24(16-23)25(26,27)28/h2-11,15-16,18H,12-14,17H2,1H3. The fourth-order valence-corrected chi connectivity index (χ4v) is 4.04. The Morgan fingerprint density at radius 1 is 0.931 bits per heavy atom. The van der Waals surface area contributed by atoms with E-state index in [1.807, 2.05) is 6.07 Å². The van der Waals surface area contributed by atoms with Crippen molar-refractivity contribution in [3.8, 4) is 0 Å². The number of halogens is 3. The van der Waals surface area contributed by atoms with Gasteiger partial charge in [0.25, 0.3) is 0 Å². The normalized spacial score (nSPS) is 16.6. The molecule has 1 nitrogen and oxygen atoms in total. The molecule has 0 N–H and O–H groups in total. The smallest absolute Gasteiger partial charge is 0.299 e. The van der Waals surface area contributed by atoms with Crippen LogP contribution in [0.1, 0.15) is 36.0 Å². The minimum atomic E-state index is -4.30. The van der Waals surface area contributed by atoms with Gasteiger partial charge in [0.15, 0.2) is 0 Å². The first kappa shape index (κ1) is 19.7. The van der Waals surface area contributed by atoms with Gasteiger partial charge in [-0.3, -0.25) is 4.90 Å². The molecule has 1 aliphatic heterocycles. The summed E-state index contributed by atoms with van der Waals surface area (Å²) in [6.45, 7) is 4.80. The number of alkyl halides is 3. The summed E-state index contributed by atoms with van der Waals surface area (Å²) in [7, 11) is 0. The molecule has 0 amide bonds. The van der Waals surface area contributed by atoms with E-state index in [0.717, 1.165) is 37.7 Å². The summed E-state index contributed by atoms with van der Waals surface area (Å²) in [5.41, 5.74) is 2.42. The summed E-state index contributed by atoms with van der Waals surface area (Å²) < 4.78 is 38.9. The van der Waals surface area contributed by atoms with E-state index in [-0.39, 0.29) is 0 Å². The van der Waals surface area contributed by atoms with Gasteiger partial charge in [-0.15, -0.1) is 0 Å². The molecule has 0 aliphatic carbocycles. The molecule has 4 heteroatoms. The number of hydrogen-bond donors (Lipinski definition) is 0. The lowest BCUT2D eigenvalue weighted by Gasteiger charge is -2.29. The van der Waals surface area contributed by atoms with Gasteiger partial charge >= 0.3 is 6.18 Å². The lowest BCUT2D eigenvalue weighted by Crippen LogP contribution is -2.32. The third-order valence-electron chi connectivity index (χ3n) is 5.73. The Labute approximate surface area is 169 Å². The third kappa shape index (κ3) is 4.54. The van der Waals surface area contributed by atoms with Crippen LogP contribution < -0.4 is 0 Å². The lowest BCUT2D eigenvalue weighted by molar-refractivity contribution is -0.137. The maximum atomic E-state index is 13.0. The highest BCUT2D eigenvalue weighted by Crippen LogP contribution is 2.32. The molecule has 0 saturated heterocycles. The fourth-order valence-electron chi connectivity index (χ4n) is 4.04. The van der Waals surface area contributed by atoms with Crippen molar-refractivity contribution in [2.24, 2.45) is 0 Å². The summed E-state index contributed by atoms with van der Waals surface area (Å²) in [6.07, 6.45) is -1.45. The van der Waals surface area contributed by atoms with Gasteiger partial charge in [-0.25, -0.2) is 0 Å². The first-order valence-electron chi connectivity index (χ1n) is 9.98. The first-order valence-corrected chi connectivity index (χ1v) is 9.98. The molecule has 1 unspecified atom stereocenters. The molecule has 1 atom stereocenters. The van der Waals surface area contributed by atoms with Crippen molar-refractivity contribution in [3.05, 3.63) is 89.5 Å². The second-order valence-electron chi connectivity index (χ2n) is 7.83. The van der Waals surface area contributed by atoms with Crippen molar-refractivity contribution in [2.75, 3.05) is 19.6 Å². The van der Waals surface area contributed by atoms with Crippen molar-refractivity contribution in [1.82, 2.24) is 4.90 Å². The van der Waals surface area contributed by atoms with Gasteiger partial charge in [-0.2, -0.15) is 13.2 Å². The molecule has 0 radical (unpaired) electrons. The van der Waals surface area contributed by atoms with E-state index in [2.05, 4.69) is 54.3 Å². The van der Waals surface area contributed by atoms with E-state index >= 15 is 0 Å². The zero-order valence-corrected chi connectivity index (χ0v) is 16.4. The van der Waals surface area contributed by atoms with E-state index in [4.69, 9.17) is 0 Å². The average Bonchev–Trinajstić information content (AvgIpc) is 2.73. The average molecular weight is 395 g/mol. The Morgan fingerprint density at radius 3 is 2.45 bits per heavy atom. The van der Waals surface area contributed by atoms with Crippen LogP contribution in [-0.4, -0.2) is 24.5 Å². The second kappa shape index (κ2) is 8.03. The first-order chi connectivity index (χ1) is 13.9. The molecule has 1 aliphatic rings. The van der Waals surface area contributed by atoms with Crippen LogP contribution in [0.3, 0.4) is 0 Å². The fraction of sp³-hybridized carbons (Fsp3) is 0.280. The van der Waals surface area contributed by atoms with E-state index in [1.165, 1.54) is 28.5 Å². The SMILES string of the molecule is CC(CN1CC=C(c2cccc(C(F)(F)F)c2)CC1)c1ccc2ccccc2c1. The van der Waals surface area contributed by atoms with E-state index in [9.17, 15) is 13.2 Å².